The lowest BCUT2D eigenvalue weighted by atomic mass is 10.3. The average Bonchev–Trinajstić information content (AvgIpc) is 2.88. The minimum absolute atomic E-state index is 0.125. The molecule has 106 valence electrons. The second-order valence-electron chi connectivity index (χ2n) is 4.21. The lowest BCUT2D eigenvalue weighted by molar-refractivity contribution is 0.242. The monoisotopic (exact) mass is 312 g/mol. The zero-order chi connectivity index (χ0) is 14.5. The Morgan fingerprint density at radius 1 is 1.25 bits per heavy atom. The molecule has 20 heavy (non-hydrogen) atoms. The number of halogens is 1. The number of alkyl halides is 1. The number of rotatable bonds is 6. The van der Waals surface area contributed by atoms with Crippen LogP contribution in [0.5, 0.6) is 16.7 Å². The van der Waals surface area contributed by atoms with E-state index in [2.05, 4.69) is 10.2 Å². The summed E-state index contributed by atoms with van der Waals surface area (Å²) < 4.78 is 11.1. The van der Waals surface area contributed by atoms with Crippen molar-refractivity contribution in [1.82, 2.24) is 4.98 Å². The summed E-state index contributed by atoms with van der Waals surface area (Å²) >= 11 is 6.88. The summed E-state index contributed by atoms with van der Waals surface area (Å²) in [5, 5.41) is 3.14. The highest BCUT2D eigenvalue weighted by molar-refractivity contribution is 7.13. The molecule has 1 unspecified atom stereocenters. The Bertz CT molecular complexity index is 571. The van der Waals surface area contributed by atoms with Crippen LogP contribution >= 0.6 is 22.9 Å². The first-order valence-corrected chi connectivity index (χ1v) is 7.20. The molecule has 0 radical (unpaired) electrons. The van der Waals surface area contributed by atoms with Crippen LogP contribution in [0.2, 0.25) is 0 Å². The molecule has 2 aromatic rings. The van der Waals surface area contributed by atoms with Crippen LogP contribution in [0.15, 0.2) is 35.6 Å². The molecule has 0 N–H and O–H groups in total. The SMILES string of the molecule is CC(C)Oc1ccc(Oc2ncc(C(Cl)N=O)s2)cc1. The van der Waals surface area contributed by atoms with Gasteiger partial charge in [-0.05, 0) is 43.3 Å². The van der Waals surface area contributed by atoms with Crippen molar-refractivity contribution < 1.29 is 9.47 Å². The molecule has 0 aliphatic carbocycles. The van der Waals surface area contributed by atoms with Crippen molar-refractivity contribution >= 4 is 22.9 Å². The quantitative estimate of drug-likeness (QED) is 0.439. The Morgan fingerprint density at radius 3 is 2.50 bits per heavy atom. The maximum atomic E-state index is 10.3. The number of benzene rings is 1. The predicted molar refractivity (Wildman–Crippen MR) is 78.8 cm³/mol. The van der Waals surface area contributed by atoms with Gasteiger partial charge >= 0.3 is 0 Å². The van der Waals surface area contributed by atoms with E-state index in [1.165, 1.54) is 17.5 Å². The van der Waals surface area contributed by atoms with Crippen LogP contribution < -0.4 is 9.47 Å². The van der Waals surface area contributed by atoms with Gasteiger partial charge in [-0.3, -0.25) is 0 Å². The van der Waals surface area contributed by atoms with Crippen molar-refractivity contribution in [3.63, 3.8) is 0 Å². The van der Waals surface area contributed by atoms with Gasteiger partial charge in [-0.15, -0.1) is 4.91 Å². The zero-order valence-electron chi connectivity index (χ0n) is 10.9. The lowest BCUT2D eigenvalue weighted by Crippen LogP contribution is -2.05. The van der Waals surface area contributed by atoms with E-state index in [-0.39, 0.29) is 6.10 Å². The van der Waals surface area contributed by atoms with Gasteiger partial charge in [0, 0.05) is 6.20 Å². The number of hydrogen-bond donors (Lipinski definition) is 0. The van der Waals surface area contributed by atoms with Crippen molar-refractivity contribution in [3.05, 3.63) is 40.2 Å². The smallest absolute Gasteiger partial charge is 0.279 e. The Kier molecular flexibility index (Phi) is 4.92. The second-order valence-corrected chi connectivity index (χ2v) is 5.65. The van der Waals surface area contributed by atoms with Gasteiger partial charge in [0.25, 0.3) is 5.19 Å². The summed E-state index contributed by atoms with van der Waals surface area (Å²) in [5.74, 6) is 1.41. The molecule has 0 spiro atoms. The summed E-state index contributed by atoms with van der Waals surface area (Å²) in [5.41, 5.74) is -0.924. The van der Waals surface area contributed by atoms with Crippen LogP contribution in [0.1, 0.15) is 24.2 Å². The highest BCUT2D eigenvalue weighted by Crippen LogP contribution is 2.33. The maximum Gasteiger partial charge on any atom is 0.279 e. The van der Waals surface area contributed by atoms with Gasteiger partial charge in [0.15, 0.2) is 0 Å². The summed E-state index contributed by atoms with van der Waals surface area (Å²) in [6.45, 7) is 3.93. The van der Waals surface area contributed by atoms with Crippen LogP contribution in [0.3, 0.4) is 0 Å². The number of nitroso groups, excluding NO2 is 1. The van der Waals surface area contributed by atoms with E-state index in [1.54, 1.807) is 12.1 Å². The molecule has 1 heterocycles. The molecule has 1 atom stereocenters. The standard InChI is InChI=1S/C13H13ClN2O3S/c1-8(2)18-9-3-5-10(6-4-9)19-13-15-7-11(20-13)12(14)16-17/h3-8,12H,1-2H3. The molecular formula is C13H13ClN2O3S. The van der Waals surface area contributed by atoms with Gasteiger partial charge < -0.3 is 9.47 Å². The van der Waals surface area contributed by atoms with Crippen LogP contribution in [0.25, 0.3) is 0 Å². The molecule has 1 aromatic carbocycles. The van der Waals surface area contributed by atoms with Crippen molar-refractivity contribution in [2.24, 2.45) is 5.18 Å². The van der Waals surface area contributed by atoms with Crippen LogP contribution in [-0.4, -0.2) is 11.1 Å². The molecule has 0 aliphatic heterocycles. The van der Waals surface area contributed by atoms with Gasteiger partial charge in [0.05, 0.1) is 11.0 Å². The first-order valence-electron chi connectivity index (χ1n) is 5.95. The van der Waals surface area contributed by atoms with Gasteiger partial charge in [-0.25, -0.2) is 4.98 Å². The number of ether oxygens (including phenoxy) is 2. The van der Waals surface area contributed by atoms with Crippen molar-refractivity contribution in [2.45, 2.75) is 25.5 Å². The third-order valence-corrected chi connectivity index (χ3v) is 3.60. The molecule has 0 amide bonds. The van der Waals surface area contributed by atoms with E-state index in [4.69, 9.17) is 21.1 Å². The fourth-order valence-corrected chi connectivity index (χ4v) is 2.32. The normalized spacial score (nSPS) is 12.2. The highest BCUT2D eigenvalue weighted by atomic mass is 35.5. The van der Waals surface area contributed by atoms with E-state index in [1.807, 2.05) is 26.0 Å². The second kappa shape index (κ2) is 6.67. The van der Waals surface area contributed by atoms with Crippen LogP contribution in [-0.2, 0) is 0 Å². The number of aromatic nitrogens is 1. The zero-order valence-corrected chi connectivity index (χ0v) is 12.5. The van der Waals surface area contributed by atoms with Gasteiger partial charge in [0.1, 0.15) is 11.5 Å². The maximum absolute atomic E-state index is 10.3. The van der Waals surface area contributed by atoms with E-state index >= 15 is 0 Å². The molecule has 0 saturated carbocycles. The molecule has 0 aliphatic rings. The van der Waals surface area contributed by atoms with E-state index in [9.17, 15) is 4.91 Å². The third kappa shape index (κ3) is 3.91. The summed E-state index contributed by atoms with van der Waals surface area (Å²) in [6, 6.07) is 7.21. The Morgan fingerprint density at radius 2 is 1.90 bits per heavy atom. The molecular weight excluding hydrogens is 300 g/mol. The minimum Gasteiger partial charge on any atom is -0.491 e. The van der Waals surface area contributed by atoms with E-state index < -0.39 is 5.50 Å². The van der Waals surface area contributed by atoms with Crippen LogP contribution in [0, 0.1) is 4.91 Å². The van der Waals surface area contributed by atoms with Gasteiger partial charge in [-0.1, -0.05) is 22.9 Å². The minimum atomic E-state index is -0.924. The number of nitrogens with zero attached hydrogens (tertiary/aromatic N) is 2. The Balaban J connectivity index is 2.02. The van der Waals surface area contributed by atoms with Crippen molar-refractivity contribution in [2.75, 3.05) is 0 Å². The van der Waals surface area contributed by atoms with E-state index in [0.717, 1.165) is 5.75 Å². The molecule has 0 fully saturated rings. The molecule has 2 rings (SSSR count). The number of thiazole rings is 1. The molecule has 0 bridgehead atoms. The fourth-order valence-electron chi connectivity index (χ4n) is 1.44. The summed E-state index contributed by atoms with van der Waals surface area (Å²) in [7, 11) is 0. The Hall–Kier alpha value is -1.66. The van der Waals surface area contributed by atoms with Crippen molar-refractivity contribution in [3.8, 4) is 16.7 Å². The van der Waals surface area contributed by atoms with Gasteiger partial charge in [-0.2, -0.15) is 0 Å². The highest BCUT2D eigenvalue weighted by Gasteiger charge is 2.13. The predicted octanol–water partition coefficient (Wildman–Crippen LogP) is 4.73. The molecule has 5 nitrogen and oxygen atoms in total. The molecule has 7 heteroatoms. The first kappa shape index (κ1) is 14.7. The summed E-state index contributed by atoms with van der Waals surface area (Å²) in [6.07, 6.45) is 1.61. The first-order chi connectivity index (χ1) is 9.58. The summed E-state index contributed by atoms with van der Waals surface area (Å²) in [4.78, 5) is 14.9. The van der Waals surface area contributed by atoms with Crippen LogP contribution in [0.4, 0.5) is 0 Å². The fraction of sp³-hybridized carbons (Fsp3) is 0.308. The topological polar surface area (TPSA) is 60.8 Å². The number of hydrogen-bond acceptors (Lipinski definition) is 6. The van der Waals surface area contributed by atoms with E-state index in [0.29, 0.717) is 15.8 Å². The third-order valence-electron chi connectivity index (χ3n) is 2.23. The Labute approximate surface area is 125 Å². The largest absolute Gasteiger partial charge is 0.491 e. The average molecular weight is 313 g/mol. The van der Waals surface area contributed by atoms with Crippen molar-refractivity contribution in [1.29, 1.82) is 0 Å². The van der Waals surface area contributed by atoms with Gasteiger partial charge in [0.2, 0.25) is 5.50 Å². The molecule has 1 aromatic heterocycles. The molecule has 0 saturated heterocycles. The lowest BCUT2D eigenvalue weighted by Gasteiger charge is -2.09.